The molecule has 62 valence electrons. The lowest BCUT2D eigenvalue weighted by Crippen LogP contribution is -2.30. The van der Waals surface area contributed by atoms with Crippen LogP contribution in [0.15, 0.2) is 12.2 Å². The van der Waals surface area contributed by atoms with Gasteiger partial charge in [0, 0.05) is 13.0 Å². The summed E-state index contributed by atoms with van der Waals surface area (Å²) in [5, 5.41) is 2.67. The summed E-state index contributed by atoms with van der Waals surface area (Å²) in [5.74, 6) is 0.238. The molecule has 0 atom stereocenters. The van der Waals surface area contributed by atoms with E-state index >= 15 is 0 Å². The van der Waals surface area contributed by atoms with Crippen LogP contribution < -0.4 is 5.32 Å². The van der Waals surface area contributed by atoms with Crippen LogP contribution >= 0.6 is 0 Å². The van der Waals surface area contributed by atoms with Gasteiger partial charge in [-0.2, -0.15) is 0 Å². The number of allylic oxidation sites excluding steroid dienone is 2. The van der Waals surface area contributed by atoms with E-state index in [0.29, 0.717) is 6.73 Å². The number of hydrogen-bond acceptors (Lipinski definition) is 2. The molecule has 11 heavy (non-hydrogen) atoms. The van der Waals surface area contributed by atoms with E-state index in [-0.39, 0.29) is 11.8 Å². The van der Waals surface area contributed by atoms with Crippen LogP contribution in [-0.2, 0) is 9.53 Å². The Hall–Kier alpha value is -0.830. The van der Waals surface area contributed by atoms with Gasteiger partial charge in [0.15, 0.2) is 0 Å². The van der Waals surface area contributed by atoms with Gasteiger partial charge in [-0.1, -0.05) is 12.2 Å². The van der Waals surface area contributed by atoms with E-state index in [1.54, 1.807) is 7.11 Å². The topological polar surface area (TPSA) is 38.3 Å². The first-order valence-electron chi connectivity index (χ1n) is 3.76. The fraction of sp³-hybridized carbons (Fsp3) is 0.625. The highest BCUT2D eigenvalue weighted by Gasteiger charge is 2.17. The predicted octanol–water partition coefficient (Wildman–Crippen LogP) is 0.673. The average Bonchev–Trinajstić information content (AvgIpc) is 2.52. The fourth-order valence-electron chi connectivity index (χ4n) is 1.12. The van der Waals surface area contributed by atoms with Crippen molar-refractivity contribution in [3.05, 3.63) is 12.2 Å². The Morgan fingerprint density at radius 3 is 2.82 bits per heavy atom. The van der Waals surface area contributed by atoms with Crippen LogP contribution in [0, 0.1) is 5.92 Å². The molecule has 1 aliphatic carbocycles. The number of hydrogen-bond donors (Lipinski definition) is 1. The van der Waals surface area contributed by atoms with Crippen molar-refractivity contribution in [3.63, 3.8) is 0 Å². The molecule has 0 aromatic heterocycles. The van der Waals surface area contributed by atoms with E-state index < -0.39 is 0 Å². The van der Waals surface area contributed by atoms with Crippen LogP contribution in [0.2, 0.25) is 0 Å². The second-order valence-corrected chi connectivity index (χ2v) is 2.61. The minimum atomic E-state index is 0.0943. The van der Waals surface area contributed by atoms with E-state index in [0.717, 1.165) is 12.8 Å². The Labute approximate surface area is 66.4 Å². The third-order valence-corrected chi connectivity index (χ3v) is 1.77. The Bertz CT molecular complexity index is 157. The molecule has 0 aliphatic heterocycles. The summed E-state index contributed by atoms with van der Waals surface area (Å²) in [4.78, 5) is 11.2. The van der Waals surface area contributed by atoms with Gasteiger partial charge in [0.2, 0.25) is 5.91 Å². The molecule has 0 unspecified atom stereocenters. The van der Waals surface area contributed by atoms with E-state index in [1.807, 2.05) is 12.2 Å². The quantitative estimate of drug-likeness (QED) is 0.480. The summed E-state index contributed by atoms with van der Waals surface area (Å²) in [6, 6.07) is 0. The maximum atomic E-state index is 11.2. The standard InChI is InChI=1S/C8H13NO2/c1-11-6-9-8(10)7-4-2-3-5-7/h2-3,7H,4-6H2,1H3,(H,9,10). The SMILES string of the molecule is COCNC(=O)C1CC=CC1. The van der Waals surface area contributed by atoms with Crippen molar-refractivity contribution in [1.82, 2.24) is 5.32 Å². The fourth-order valence-corrected chi connectivity index (χ4v) is 1.12. The largest absolute Gasteiger partial charge is 0.364 e. The summed E-state index contributed by atoms with van der Waals surface area (Å²) < 4.78 is 4.72. The van der Waals surface area contributed by atoms with Crippen molar-refractivity contribution in [2.75, 3.05) is 13.8 Å². The lowest BCUT2D eigenvalue weighted by Gasteiger charge is -2.08. The molecule has 0 fully saturated rings. The number of carbonyl (C=O) groups is 1. The Morgan fingerprint density at radius 1 is 1.64 bits per heavy atom. The van der Waals surface area contributed by atoms with Crippen molar-refractivity contribution in [2.45, 2.75) is 12.8 Å². The zero-order valence-electron chi connectivity index (χ0n) is 6.67. The van der Waals surface area contributed by atoms with Gasteiger partial charge in [0.05, 0.1) is 0 Å². The van der Waals surface area contributed by atoms with Gasteiger partial charge >= 0.3 is 0 Å². The molecule has 3 heteroatoms. The molecule has 0 bridgehead atoms. The minimum Gasteiger partial charge on any atom is -0.364 e. The lowest BCUT2D eigenvalue weighted by atomic mass is 10.1. The van der Waals surface area contributed by atoms with Gasteiger partial charge in [-0.05, 0) is 12.8 Å². The molecule has 1 aliphatic rings. The van der Waals surface area contributed by atoms with Crippen LogP contribution in [0.1, 0.15) is 12.8 Å². The number of methoxy groups -OCH3 is 1. The molecule has 1 rings (SSSR count). The molecule has 0 aromatic rings. The first-order chi connectivity index (χ1) is 5.34. The van der Waals surface area contributed by atoms with Crippen LogP contribution in [0.4, 0.5) is 0 Å². The van der Waals surface area contributed by atoms with E-state index in [4.69, 9.17) is 4.74 Å². The Balaban J connectivity index is 2.19. The molecule has 0 spiro atoms. The molecule has 0 aromatic carbocycles. The molecule has 0 saturated heterocycles. The number of amides is 1. The van der Waals surface area contributed by atoms with Gasteiger partial charge in [-0.25, -0.2) is 0 Å². The molecule has 1 amide bonds. The molecule has 0 heterocycles. The normalized spacial score (nSPS) is 17.2. The minimum absolute atomic E-state index is 0.0943. The van der Waals surface area contributed by atoms with E-state index in [2.05, 4.69) is 5.32 Å². The predicted molar refractivity (Wildman–Crippen MR) is 41.9 cm³/mol. The molecule has 1 N–H and O–H groups in total. The average molecular weight is 155 g/mol. The highest BCUT2D eigenvalue weighted by atomic mass is 16.5. The number of carbonyl (C=O) groups excluding carboxylic acids is 1. The smallest absolute Gasteiger partial charge is 0.225 e. The van der Waals surface area contributed by atoms with Crippen LogP contribution in [0.3, 0.4) is 0 Å². The third-order valence-electron chi connectivity index (χ3n) is 1.77. The summed E-state index contributed by atoms with van der Waals surface area (Å²) in [6.07, 6.45) is 5.82. The monoisotopic (exact) mass is 155 g/mol. The summed E-state index contributed by atoms with van der Waals surface area (Å²) in [7, 11) is 1.56. The van der Waals surface area contributed by atoms with Gasteiger partial charge in [-0.3, -0.25) is 4.79 Å². The van der Waals surface area contributed by atoms with Crippen molar-refractivity contribution >= 4 is 5.91 Å². The van der Waals surface area contributed by atoms with Crippen LogP contribution in [0.25, 0.3) is 0 Å². The summed E-state index contributed by atoms with van der Waals surface area (Å²) in [6.45, 7) is 0.315. The van der Waals surface area contributed by atoms with E-state index in [1.165, 1.54) is 0 Å². The third kappa shape index (κ3) is 2.35. The first-order valence-corrected chi connectivity index (χ1v) is 3.76. The maximum absolute atomic E-state index is 11.2. The lowest BCUT2D eigenvalue weighted by molar-refractivity contribution is -0.126. The number of rotatable bonds is 3. The van der Waals surface area contributed by atoms with E-state index in [9.17, 15) is 4.79 Å². The number of nitrogens with one attached hydrogen (secondary N) is 1. The van der Waals surface area contributed by atoms with Gasteiger partial charge in [-0.15, -0.1) is 0 Å². The summed E-state index contributed by atoms with van der Waals surface area (Å²) >= 11 is 0. The molecule has 0 radical (unpaired) electrons. The van der Waals surface area contributed by atoms with Gasteiger partial charge < -0.3 is 10.1 Å². The van der Waals surface area contributed by atoms with Crippen LogP contribution in [-0.4, -0.2) is 19.7 Å². The molecular weight excluding hydrogens is 142 g/mol. The Morgan fingerprint density at radius 2 is 2.27 bits per heavy atom. The second kappa shape index (κ2) is 4.13. The van der Waals surface area contributed by atoms with Crippen molar-refractivity contribution in [2.24, 2.45) is 5.92 Å². The van der Waals surface area contributed by atoms with Crippen molar-refractivity contribution in [1.29, 1.82) is 0 Å². The van der Waals surface area contributed by atoms with Gasteiger partial charge in [0.1, 0.15) is 6.73 Å². The summed E-state index contributed by atoms with van der Waals surface area (Å²) in [5.41, 5.74) is 0. The first kappa shape index (κ1) is 8.27. The number of ether oxygens (including phenoxy) is 1. The molecule has 0 saturated carbocycles. The maximum Gasteiger partial charge on any atom is 0.225 e. The molecular formula is C8H13NO2. The highest BCUT2D eigenvalue weighted by Crippen LogP contribution is 2.17. The van der Waals surface area contributed by atoms with Gasteiger partial charge in [0.25, 0.3) is 0 Å². The second-order valence-electron chi connectivity index (χ2n) is 2.61. The van der Waals surface area contributed by atoms with Crippen molar-refractivity contribution < 1.29 is 9.53 Å². The van der Waals surface area contributed by atoms with Crippen LogP contribution in [0.5, 0.6) is 0 Å². The molecule has 3 nitrogen and oxygen atoms in total. The Kier molecular flexibility index (Phi) is 3.11. The zero-order chi connectivity index (χ0) is 8.10. The zero-order valence-corrected chi connectivity index (χ0v) is 6.67. The highest BCUT2D eigenvalue weighted by molar-refractivity contribution is 5.79. The van der Waals surface area contributed by atoms with Crippen molar-refractivity contribution in [3.8, 4) is 0 Å².